The monoisotopic (exact) mass is 531 g/mol. The maximum atomic E-state index is 12.3. The third kappa shape index (κ3) is 10.3. The van der Waals surface area contributed by atoms with Gasteiger partial charge in [-0.15, -0.1) is 0 Å². The Morgan fingerprint density at radius 1 is 1.08 bits per heavy atom. The van der Waals surface area contributed by atoms with Gasteiger partial charge >= 0.3 is 0 Å². The molecule has 1 heterocycles. The SMILES string of the molecule is N#CN=[N+]([O-])c1ccc(C(=O)NCCNC(=NCCCOc2cccc(CN3CCCCC3)c2)NC#N)cc1. The Morgan fingerprint density at radius 3 is 2.59 bits per heavy atom. The lowest BCUT2D eigenvalue weighted by Gasteiger charge is -2.26. The number of amides is 1. The van der Waals surface area contributed by atoms with Gasteiger partial charge in [0.2, 0.25) is 11.6 Å². The summed E-state index contributed by atoms with van der Waals surface area (Å²) in [6.45, 7) is 4.83. The van der Waals surface area contributed by atoms with Gasteiger partial charge in [-0.1, -0.05) is 18.6 Å². The van der Waals surface area contributed by atoms with Crippen LogP contribution < -0.4 is 20.7 Å². The number of nitrogens with one attached hydrogen (secondary N) is 3. The number of carbonyl (C=O) groups excluding carboxylic acids is 1. The highest BCUT2D eigenvalue weighted by Crippen LogP contribution is 2.18. The summed E-state index contributed by atoms with van der Waals surface area (Å²) in [6, 6.07) is 13.9. The van der Waals surface area contributed by atoms with Gasteiger partial charge in [0.05, 0.1) is 11.7 Å². The summed E-state index contributed by atoms with van der Waals surface area (Å²) in [5, 5.41) is 40.2. The van der Waals surface area contributed by atoms with E-state index in [0.29, 0.717) is 37.6 Å². The van der Waals surface area contributed by atoms with Crippen molar-refractivity contribution in [2.24, 2.45) is 10.1 Å². The maximum absolute atomic E-state index is 12.3. The van der Waals surface area contributed by atoms with Crippen molar-refractivity contribution in [1.82, 2.24) is 20.9 Å². The zero-order valence-corrected chi connectivity index (χ0v) is 21.8. The van der Waals surface area contributed by atoms with Crippen LogP contribution in [0.4, 0.5) is 5.69 Å². The fourth-order valence-electron chi connectivity index (χ4n) is 4.05. The molecule has 0 spiro atoms. The highest BCUT2D eigenvalue weighted by Gasteiger charge is 2.11. The lowest BCUT2D eigenvalue weighted by molar-refractivity contribution is -0.435. The summed E-state index contributed by atoms with van der Waals surface area (Å²) < 4.78 is 5.90. The largest absolute Gasteiger partial charge is 0.593 e. The van der Waals surface area contributed by atoms with Crippen LogP contribution >= 0.6 is 0 Å². The number of carbonyl (C=O) groups is 1. The summed E-state index contributed by atoms with van der Waals surface area (Å²) in [6.07, 6.45) is 7.78. The molecule has 0 saturated carbocycles. The number of benzene rings is 2. The van der Waals surface area contributed by atoms with E-state index in [2.05, 4.69) is 43.1 Å². The van der Waals surface area contributed by atoms with Crippen LogP contribution in [0.2, 0.25) is 0 Å². The van der Waals surface area contributed by atoms with Gasteiger partial charge in [0.15, 0.2) is 6.19 Å². The summed E-state index contributed by atoms with van der Waals surface area (Å²) in [7, 11) is 0. The van der Waals surface area contributed by atoms with E-state index in [1.54, 1.807) is 0 Å². The average Bonchev–Trinajstić information content (AvgIpc) is 2.96. The van der Waals surface area contributed by atoms with Gasteiger partial charge in [0.1, 0.15) is 5.75 Å². The van der Waals surface area contributed by atoms with E-state index < -0.39 is 0 Å². The number of piperidine rings is 1. The second-order valence-corrected chi connectivity index (χ2v) is 8.86. The number of hydrogen-bond donors (Lipinski definition) is 3. The molecule has 1 aliphatic rings. The molecule has 0 aliphatic carbocycles. The smallest absolute Gasteiger partial charge is 0.274 e. The number of azo groups is 1. The number of nitrogens with zero attached hydrogens (tertiary/aromatic N) is 6. The number of likely N-dealkylation sites (tertiary alicyclic amines) is 1. The molecule has 1 saturated heterocycles. The zero-order valence-electron chi connectivity index (χ0n) is 21.8. The molecule has 3 rings (SSSR count). The van der Waals surface area contributed by atoms with Gasteiger partial charge in [-0.2, -0.15) is 10.5 Å². The van der Waals surface area contributed by atoms with Crippen molar-refractivity contribution in [2.45, 2.75) is 32.2 Å². The van der Waals surface area contributed by atoms with E-state index in [1.807, 2.05) is 18.3 Å². The van der Waals surface area contributed by atoms with Crippen LogP contribution in [-0.4, -0.2) is 61.0 Å². The van der Waals surface area contributed by atoms with Crippen LogP contribution in [-0.2, 0) is 6.54 Å². The normalized spacial score (nSPS) is 14.1. The minimum absolute atomic E-state index is 0.143. The van der Waals surface area contributed by atoms with Gasteiger partial charge in [-0.3, -0.25) is 20.0 Å². The Bertz CT molecular complexity index is 1210. The van der Waals surface area contributed by atoms with Crippen molar-refractivity contribution in [3.8, 4) is 18.1 Å². The molecule has 12 heteroatoms. The van der Waals surface area contributed by atoms with Gasteiger partial charge in [0, 0.05) is 50.3 Å². The van der Waals surface area contributed by atoms with E-state index in [1.165, 1.54) is 55.3 Å². The van der Waals surface area contributed by atoms with Crippen molar-refractivity contribution >= 4 is 17.6 Å². The first-order valence-electron chi connectivity index (χ1n) is 12.9. The molecule has 0 atom stereocenters. The molecule has 0 radical (unpaired) electrons. The Morgan fingerprint density at radius 2 is 1.85 bits per heavy atom. The fraction of sp³-hybridized carbons (Fsp3) is 0.407. The van der Waals surface area contributed by atoms with Crippen LogP contribution in [0.3, 0.4) is 0 Å². The molecule has 3 N–H and O–H groups in total. The Kier molecular flexibility index (Phi) is 12.0. The summed E-state index contributed by atoms with van der Waals surface area (Å²) >= 11 is 0. The minimum atomic E-state index is -0.332. The molecule has 12 nitrogen and oxygen atoms in total. The van der Waals surface area contributed by atoms with E-state index in [0.717, 1.165) is 25.4 Å². The highest BCUT2D eigenvalue weighted by atomic mass is 16.5. The summed E-state index contributed by atoms with van der Waals surface area (Å²) in [5.74, 6) is 0.827. The van der Waals surface area contributed by atoms with E-state index in [4.69, 9.17) is 15.3 Å². The van der Waals surface area contributed by atoms with Crippen LogP contribution in [0.1, 0.15) is 41.6 Å². The molecule has 1 fully saturated rings. The molecular weight excluding hydrogens is 498 g/mol. The molecule has 204 valence electrons. The van der Waals surface area contributed by atoms with Crippen LogP contribution in [0.15, 0.2) is 58.6 Å². The number of rotatable bonds is 12. The quantitative estimate of drug-likeness (QED) is 0.0550. The Labute approximate surface area is 228 Å². The zero-order chi connectivity index (χ0) is 27.7. The molecule has 0 aromatic heterocycles. The van der Waals surface area contributed by atoms with Gasteiger partial charge < -0.3 is 20.6 Å². The number of ether oxygens (including phenoxy) is 1. The standard InChI is InChI=1S/C27H33N9O3/c28-20-33-27(32-14-13-30-26(37)23-8-10-24(11-9-23)36(38)34-21-29)31-12-5-17-39-25-7-4-6-22(18-25)19-35-15-2-1-3-16-35/h4,6-11,18H,1-3,5,12-17,19H2,(H,30,37)(H2,31,32,33). The first-order chi connectivity index (χ1) is 19.1. The maximum Gasteiger partial charge on any atom is 0.274 e. The molecule has 1 amide bonds. The predicted molar refractivity (Wildman–Crippen MR) is 145 cm³/mol. The van der Waals surface area contributed by atoms with Crippen molar-refractivity contribution in [1.29, 1.82) is 10.5 Å². The minimum Gasteiger partial charge on any atom is -0.593 e. The first kappa shape index (κ1) is 28.9. The molecule has 0 unspecified atom stereocenters. The van der Waals surface area contributed by atoms with Gasteiger partial charge in [-0.05, 0) is 60.6 Å². The first-order valence-corrected chi connectivity index (χ1v) is 12.9. The fourth-order valence-corrected chi connectivity index (χ4v) is 4.05. The second kappa shape index (κ2) is 16.2. The molecular formula is C27H33N9O3. The third-order valence-electron chi connectivity index (χ3n) is 5.96. The van der Waals surface area contributed by atoms with Crippen LogP contribution in [0.25, 0.3) is 0 Å². The highest BCUT2D eigenvalue weighted by molar-refractivity contribution is 5.94. The molecule has 0 bridgehead atoms. The molecule has 39 heavy (non-hydrogen) atoms. The van der Waals surface area contributed by atoms with E-state index in [-0.39, 0.29) is 23.0 Å². The second-order valence-electron chi connectivity index (χ2n) is 8.86. The van der Waals surface area contributed by atoms with E-state index >= 15 is 0 Å². The molecule has 2 aromatic rings. The number of aliphatic imine (C=N–C) groups is 1. The average molecular weight is 532 g/mol. The van der Waals surface area contributed by atoms with Crippen molar-refractivity contribution in [2.75, 3.05) is 39.3 Å². The Hall–Kier alpha value is -4.68. The van der Waals surface area contributed by atoms with Crippen LogP contribution in [0, 0.1) is 28.1 Å². The molecule has 1 aliphatic heterocycles. The van der Waals surface area contributed by atoms with E-state index in [9.17, 15) is 10.0 Å². The Balaban J connectivity index is 1.35. The molecule has 2 aromatic carbocycles. The lowest BCUT2D eigenvalue weighted by Crippen LogP contribution is -2.40. The van der Waals surface area contributed by atoms with Gasteiger partial charge in [0.25, 0.3) is 12.1 Å². The van der Waals surface area contributed by atoms with Crippen molar-refractivity contribution in [3.05, 3.63) is 64.9 Å². The van der Waals surface area contributed by atoms with Crippen molar-refractivity contribution in [3.63, 3.8) is 0 Å². The predicted octanol–water partition coefficient (Wildman–Crippen LogP) is 2.96. The number of hydrogen-bond acceptors (Lipinski definition) is 8. The topological polar surface area (TPSA) is 164 Å². The summed E-state index contributed by atoms with van der Waals surface area (Å²) in [5.41, 5.74) is 1.75. The number of nitriles is 2. The van der Waals surface area contributed by atoms with Crippen LogP contribution in [0.5, 0.6) is 5.75 Å². The summed E-state index contributed by atoms with van der Waals surface area (Å²) in [4.78, 5) is 19.3. The third-order valence-corrected chi connectivity index (χ3v) is 5.96. The van der Waals surface area contributed by atoms with Crippen molar-refractivity contribution < 1.29 is 14.4 Å². The number of guanidine groups is 1. The lowest BCUT2D eigenvalue weighted by atomic mass is 10.1. The van der Waals surface area contributed by atoms with Gasteiger partial charge in [-0.25, -0.2) is 0 Å².